The van der Waals surface area contributed by atoms with E-state index < -0.39 is 12.1 Å². The predicted octanol–water partition coefficient (Wildman–Crippen LogP) is 1.81. The van der Waals surface area contributed by atoms with Crippen molar-refractivity contribution in [1.82, 2.24) is 4.90 Å². The Bertz CT molecular complexity index is 414. The second kappa shape index (κ2) is 6.19. The number of benzene rings is 1. The number of nitrogens with zero attached hydrogens (tertiary/aromatic N) is 1. The molecule has 0 aliphatic carbocycles. The van der Waals surface area contributed by atoms with Crippen LogP contribution in [0.25, 0.3) is 0 Å². The monoisotopic (exact) mass is 249 g/mol. The van der Waals surface area contributed by atoms with Crippen LogP contribution in [0.4, 0.5) is 0 Å². The van der Waals surface area contributed by atoms with Crippen molar-refractivity contribution < 1.29 is 14.3 Å². The zero-order valence-electron chi connectivity index (χ0n) is 11.2. The quantitative estimate of drug-likeness (QED) is 0.764. The molecule has 18 heavy (non-hydrogen) atoms. The predicted molar refractivity (Wildman–Crippen MR) is 69.1 cm³/mol. The van der Waals surface area contributed by atoms with Crippen molar-refractivity contribution in [3.63, 3.8) is 0 Å². The Morgan fingerprint density at radius 1 is 1.17 bits per heavy atom. The third kappa shape index (κ3) is 3.58. The minimum Gasteiger partial charge on any atom is -0.452 e. The molecule has 1 rings (SSSR count). The Labute approximate surface area is 108 Å². The normalized spacial score (nSPS) is 13.6. The van der Waals surface area contributed by atoms with Crippen molar-refractivity contribution in [3.05, 3.63) is 35.9 Å². The van der Waals surface area contributed by atoms with E-state index in [0.717, 1.165) is 5.56 Å². The molecule has 1 aromatic rings. The van der Waals surface area contributed by atoms with E-state index in [9.17, 15) is 9.59 Å². The fourth-order valence-corrected chi connectivity index (χ4v) is 1.73. The summed E-state index contributed by atoms with van der Waals surface area (Å²) >= 11 is 0. The molecular formula is C14H19NO3. The number of carbonyl (C=O) groups excluding carboxylic acids is 2. The lowest BCUT2D eigenvalue weighted by Gasteiger charge is -2.25. The molecule has 0 spiro atoms. The van der Waals surface area contributed by atoms with Crippen LogP contribution in [-0.4, -0.2) is 37.0 Å². The maximum Gasteiger partial charge on any atom is 0.303 e. The summed E-state index contributed by atoms with van der Waals surface area (Å²) in [5.41, 5.74) is 0.971. The maximum atomic E-state index is 12.0. The molecule has 4 heteroatoms. The minimum atomic E-state index is -0.778. The minimum absolute atomic E-state index is 0.176. The van der Waals surface area contributed by atoms with E-state index in [1.165, 1.54) is 11.8 Å². The van der Waals surface area contributed by atoms with Gasteiger partial charge >= 0.3 is 5.97 Å². The van der Waals surface area contributed by atoms with Gasteiger partial charge in [0.05, 0.1) is 0 Å². The standard InChI is InChI=1S/C14H19NO3/c1-10(12-8-6-5-7-9-12)13(18-11(2)16)14(17)15(3)4/h5-10,13H,1-4H3. The molecular weight excluding hydrogens is 230 g/mol. The van der Waals surface area contributed by atoms with Gasteiger partial charge in [-0.15, -0.1) is 0 Å². The van der Waals surface area contributed by atoms with Crippen LogP contribution in [0, 0.1) is 0 Å². The Morgan fingerprint density at radius 3 is 2.17 bits per heavy atom. The lowest BCUT2D eigenvalue weighted by atomic mass is 9.94. The zero-order chi connectivity index (χ0) is 13.7. The van der Waals surface area contributed by atoms with Crippen molar-refractivity contribution in [2.75, 3.05) is 14.1 Å². The molecule has 0 aromatic heterocycles. The summed E-state index contributed by atoms with van der Waals surface area (Å²) in [6.45, 7) is 3.19. The summed E-state index contributed by atoms with van der Waals surface area (Å²) in [7, 11) is 3.30. The van der Waals surface area contributed by atoms with E-state index in [1.807, 2.05) is 37.3 Å². The van der Waals surface area contributed by atoms with E-state index in [4.69, 9.17) is 4.74 Å². The number of hydrogen-bond donors (Lipinski definition) is 0. The van der Waals surface area contributed by atoms with Crippen LogP contribution in [0.3, 0.4) is 0 Å². The fraction of sp³-hybridized carbons (Fsp3) is 0.429. The van der Waals surface area contributed by atoms with Gasteiger partial charge in [0.25, 0.3) is 5.91 Å². The van der Waals surface area contributed by atoms with Gasteiger partial charge in [-0.05, 0) is 5.56 Å². The first-order chi connectivity index (χ1) is 8.43. The lowest BCUT2D eigenvalue weighted by molar-refractivity contribution is -0.158. The van der Waals surface area contributed by atoms with Crippen LogP contribution in [0.15, 0.2) is 30.3 Å². The molecule has 0 N–H and O–H groups in total. The highest BCUT2D eigenvalue weighted by Gasteiger charge is 2.30. The van der Waals surface area contributed by atoms with E-state index in [-0.39, 0.29) is 11.8 Å². The summed E-state index contributed by atoms with van der Waals surface area (Å²) in [6.07, 6.45) is -0.778. The highest BCUT2D eigenvalue weighted by atomic mass is 16.5. The van der Waals surface area contributed by atoms with E-state index in [2.05, 4.69) is 0 Å². The average molecular weight is 249 g/mol. The summed E-state index contributed by atoms with van der Waals surface area (Å²) in [6, 6.07) is 9.55. The van der Waals surface area contributed by atoms with Crippen molar-refractivity contribution in [2.45, 2.75) is 25.9 Å². The molecule has 0 fully saturated rings. The first kappa shape index (κ1) is 14.2. The molecule has 0 heterocycles. The second-order valence-corrected chi connectivity index (χ2v) is 4.46. The van der Waals surface area contributed by atoms with Gasteiger partial charge in [-0.1, -0.05) is 37.3 Å². The van der Waals surface area contributed by atoms with Crippen LogP contribution in [0.1, 0.15) is 25.3 Å². The highest BCUT2D eigenvalue weighted by Crippen LogP contribution is 2.22. The van der Waals surface area contributed by atoms with E-state index in [0.29, 0.717) is 0 Å². The molecule has 2 unspecified atom stereocenters. The third-order valence-corrected chi connectivity index (χ3v) is 2.76. The lowest BCUT2D eigenvalue weighted by Crippen LogP contribution is -2.39. The third-order valence-electron chi connectivity index (χ3n) is 2.76. The Morgan fingerprint density at radius 2 is 1.72 bits per heavy atom. The molecule has 2 atom stereocenters. The van der Waals surface area contributed by atoms with Crippen LogP contribution in [0.2, 0.25) is 0 Å². The second-order valence-electron chi connectivity index (χ2n) is 4.46. The van der Waals surface area contributed by atoms with Gasteiger partial charge in [0, 0.05) is 26.9 Å². The molecule has 0 bridgehead atoms. The number of hydrogen-bond acceptors (Lipinski definition) is 3. The molecule has 0 aliphatic rings. The molecule has 1 amide bonds. The van der Waals surface area contributed by atoms with Gasteiger partial charge in [0.1, 0.15) is 0 Å². The first-order valence-electron chi connectivity index (χ1n) is 5.86. The molecule has 0 saturated heterocycles. The van der Waals surface area contributed by atoms with Crippen LogP contribution < -0.4 is 0 Å². The maximum absolute atomic E-state index is 12.0. The van der Waals surface area contributed by atoms with Gasteiger partial charge in [0.2, 0.25) is 0 Å². The molecule has 0 saturated carbocycles. The highest BCUT2D eigenvalue weighted by molar-refractivity contribution is 5.84. The molecule has 1 aromatic carbocycles. The summed E-state index contributed by atoms with van der Waals surface area (Å²) in [5.74, 6) is -0.829. The van der Waals surface area contributed by atoms with Crippen LogP contribution in [-0.2, 0) is 14.3 Å². The van der Waals surface area contributed by atoms with Gasteiger partial charge in [-0.2, -0.15) is 0 Å². The first-order valence-corrected chi connectivity index (χ1v) is 5.86. The Hall–Kier alpha value is -1.84. The Kier molecular flexibility index (Phi) is 4.89. The summed E-state index contributed by atoms with van der Waals surface area (Å²) < 4.78 is 5.16. The van der Waals surface area contributed by atoms with Gasteiger partial charge < -0.3 is 9.64 Å². The van der Waals surface area contributed by atoms with Crippen LogP contribution in [0.5, 0.6) is 0 Å². The number of carbonyl (C=O) groups is 2. The zero-order valence-corrected chi connectivity index (χ0v) is 11.2. The number of ether oxygens (including phenoxy) is 1. The van der Waals surface area contributed by atoms with Crippen molar-refractivity contribution in [2.24, 2.45) is 0 Å². The average Bonchev–Trinajstić information content (AvgIpc) is 2.35. The largest absolute Gasteiger partial charge is 0.452 e. The number of amides is 1. The van der Waals surface area contributed by atoms with Gasteiger partial charge in [-0.25, -0.2) is 0 Å². The SMILES string of the molecule is CC(=O)OC(C(=O)N(C)C)C(C)c1ccccc1. The van der Waals surface area contributed by atoms with Gasteiger partial charge in [-0.3, -0.25) is 9.59 Å². The summed E-state index contributed by atoms with van der Waals surface area (Å²) in [5, 5.41) is 0. The molecule has 4 nitrogen and oxygen atoms in total. The molecule has 0 aliphatic heterocycles. The number of likely N-dealkylation sites (N-methyl/N-ethyl adjacent to an activating group) is 1. The Balaban J connectivity index is 2.96. The van der Waals surface area contributed by atoms with Crippen LogP contribution >= 0.6 is 0 Å². The van der Waals surface area contributed by atoms with Crippen molar-refractivity contribution in [1.29, 1.82) is 0 Å². The smallest absolute Gasteiger partial charge is 0.303 e. The number of esters is 1. The van der Waals surface area contributed by atoms with Gasteiger partial charge in [0.15, 0.2) is 6.10 Å². The van der Waals surface area contributed by atoms with Crippen molar-refractivity contribution in [3.8, 4) is 0 Å². The van der Waals surface area contributed by atoms with E-state index >= 15 is 0 Å². The molecule has 0 radical (unpaired) electrons. The molecule has 98 valence electrons. The van der Waals surface area contributed by atoms with Crippen molar-refractivity contribution >= 4 is 11.9 Å². The fourth-order valence-electron chi connectivity index (χ4n) is 1.73. The summed E-state index contributed by atoms with van der Waals surface area (Å²) in [4.78, 5) is 24.6. The topological polar surface area (TPSA) is 46.6 Å². The number of rotatable bonds is 4. The van der Waals surface area contributed by atoms with E-state index in [1.54, 1.807) is 14.1 Å².